The van der Waals surface area contributed by atoms with Gasteiger partial charge in [0.2, 0.25) is 5.91 Å². The summed E-state index contributed by atoms with van der Waals surface area (Å²) in [6.07, 6.45) is 0.116. The molecule has 1 atom stereocenters. The number of hydrogen-bond acceptors (Lipinski definition) is 3. The first-order chi connectivity index (χ1) is 14.8. The molecule has 1 aliphatic heterocycles. The Morgan fingerprint density at radius 1 is 1.13 bits per heavy atom. The summed E-state index contributed by atoms with van der Waals surface area (Å²) < 4.78 is 5.91. The van der Waals surface area contributed by atoms with Gasteiger partial charge in [-0.1, -0.05) is 67.4 Å². The maximum atomic E-state index is 13.0. The van der Waals surface area contributed by atoms with Gasteiger partial charge in [-0.15, -0.1) is 0 Å². The van der Waals surface area contributed by atoms with E-state index in [-0.39, 0.29) is 17.9 Å². The van der Waals surface area contributed by atoms with Crippen LogP contribution in [0, 0.1) is 5.92 Å². The molecule has 3 rings (SSSR count). The van der Waals surface area contributed by atoms with Crippen LogP contribution in [0.15, 0.2) is 48.5 Å². The minimum absolute atomic E-state index is 0.0661. The number of carbonyl (C=O) groups is 2. The van der Waals surface area contributed by atoms with Crippen LogP contribution < -0.4 is 0 Å². The summed E-state index contributed by atoms with van der Waals surface area (Å²) in [6.45, 7) is 6.63. The summed E-state index contributed by atoms with van der Waals surface area (Å²) >= 11 is 12.0. The molecule has 0 bridgehead atoms. The molecule has 1 saturated heterocycles. The van der Waals surface area contributed by atoms with Gasteiger partial charge >= 0.3 is 0 Å². The Morgan fingerprint density at radius 3 is 2.55 bits per heavy atom. The lowest BCUT2D eigenvalue weighted by Crippen LogP contribution is -2.51. The fourth-order valence-electron chi connectivity index (χ4n) is 3.67. The topological polar surface area (TPSA) is 49.9 Å². The van der Waals surface area contributed by atoms with Gasteiger partial charge in [0, 0.05) is 31.7 Å². The Hall–Kier alpha value is -2.08. The van der Waals surface area contributed by atoms with Crippen LogP contribution in [-0.4, -0.2) is 60.5 Å². The molecule has 2 aromatic rings. The molecular weight excluding hydrogens is 435 g/mol. The lowest BCUT2D eigenvalue weighted by atomic mass is 10.1. The number of hydrogen-bond donors (Lipinski definition) is 0. The van der Waals surface area contributed by atoms with E-state index in [4.69, 9.17) is 27.9 Å². The Balaban J connectivity index is 1.66. The molecule has 1 aliphatic rings. The highest BCUT2D eigenvalue weighted by atomic mass is 35.5. The van der Waals surface area contributed by atoms with Gasteiger partial charge in [0.05, 0.1) is 29.2 Å². The van der Waals surface area contributed by atoms with Gasteiger partial charge in [0.25, 0.3) is 5.91 Å². The first-order valence-corrected chi connectivity index (χ1v) is 11.3. The third-order valence-corrected chi connectivity index (χ3v) is 5.89. The average Bonchev–Trinajstić information content (AvgIpc) is 2.75. The molecular formula is C24H28Cl2N2O3. The second-order valence-corrected chi connectivity index (χ2v) is 9.04. The highest BCUT2D eigenvalue weighted by Crippen LogP contribution is 2.24. The number of halogens is 2. The van der Waals surface area contributed by atoms with Crippen LogP contribution in [0.25, 0.3) is 0 Å². The maximum absolute atomic E-state index is 13.0. The summed E-state index contributed by atoms with van der Waals surface area (Å²) in [4.78, 5) is 29.5. The summed E-state index contributed by atoms with van der Waals surface area (Å²) in [5.41, 5.74) is 1.48. The molecule has 0 aromatic heterocycles. The predicted molar refractivity (Wildman–Crippen MR) is 124 cm³/mol. The number of benzene rings is 2. The number of carbonyl (C=O) groups excluding carboxylic acids is 2. The average molecular weight is 463 g/mol. The third kappa shape index (κ3) is 6.70. The van der Waals surface area contributed by atoms with E-state index in [2.05, 4.69) is 13.8 Å². The number of ether oxygens (including phenoxy) is 1. The van der Waals surface area contributed by atoms with Gasteiger partial charge < -0.3 is 14.5 Å². The molecule has 2 aromatic carbocycles. The van der Waals surface area contributed by atoms with Crippen LogP contribution in [0.4, 0.5) is 0 Å². The normalized spacial score (nSPS) is 16.4. The van der Waals surface area contributed by atoms with E-state index in [9.17, 15) is 9.59 Å². The molecule has 1 fully saturated rings. The van der Waals surface area contributed by atoms with Crippen molar-refractivity contribution >= 4 is 35.0 Å². The van der Waals surface area contributed by atoms with Crippen LogP contribution in [0.3, 0.4) is 0 Å². The van der Waals surface area contributed by atoms with Crippen molar-refractivity contribution in [2.24, 2.45) is 5.92 Å². The van der Waals surface area contributed by atoms with E-state index in [1.165, 1.54) is 0 Å². The molecule has 0 saturated carbocycles. The van der Waals surface area contributed by atoms with E-state index in [1.807, 2.05) is 35.2 Å². The molecule has 1 heterocycles. The zero-order valence-electron chi connectivity index (χ0n) is 17.9. The van der Waals surface area contributed by atoms with Crippen LogP contribution in [0.2, 0.25) is 10.0 Å². The van der Waals surface area contributed by atoms with Crippen molar-refractivity contribution in [1.82, 2.24) is 9.80 Å². The van der Waals surface area contributed by atoms with E-state index >= 15 is 0 Å². The molecule has 0 N–H and O–H groups in total. The Kier molecular flexibility index (Phi) is 8.35. The van der Waals surface area contributed by atoms with Gasteiger partial charge in [0.1, 0.15) is 0 Å². The quantitative estimate of drug-likeness (QED) is 0.605. The van der Waals surface area contributed by atoms with Crippen molar-refractivity contribution in [1.29, 1.82) is 0 Å². The minimum atomic E-state index is -0.237. The molecule has 166 valence electrons. The molecule has 0 spiro atoms. The molecule has 5 nitrogen and oxygen atoms in total. The van der Waals surface area contributed by atoms with Crippen LogP contribution in [0.5, 0.6) is 0 Å². The third-order valence-electron chi connectivity index (χ3n) is 5.15. The monoisotopic (exact) mass is 462 g/mol. The van der Waals surface area contributed by atoms with Crippen LogP contribution in [-0.2, 0) is 16.0 Å². The van der Waals surface area contributed by atoms with Gasteiger partial charge in [-0.3, -0.25) is 9.59 Å². The Morgan fingerprint density at radius 2 is 1.87 bits per heavy atom. The lowest BCUT2D eigenvalue weighted by molar-refractivity contribution is -0.134. The zero-order chi connectivity index (χ0) is 22.4. The molecule has 1 unspecified atom stereocenters. The van der Waals surface area contributed by atoms with E-state index in [0.29, 0.717) is 60.7 Å². The van der Waals surface area contributed by atoms with Crippen molar-refractivity contribution in [2.45, 2.75) is 26.4 Å². The Labute approximate surface area is 193 Å². The van der Waals surface area contributed by atoms with Gasteiger partial charge in [-0.05, 0) is 29.7 Å². The van der Waals surface area contributed by atoms with Gasteiger partial charge in [0.15, 0.2) is 0 Å². The van der Waals surface area contributed by atoms with E-state index < -0.39 is 0 Å². The van der Waals surface area contributed by atoms with Gasteiger partial charge in [-0.25, -0.2) is 0 Å². The summed E-state index contributed by atoms with van der Waals surface area (Å²) in [5, 5.41) is 0.770. The van der Waals surface area contributed by atoms with Crippen molar-refractivity contribution in [3.63, 3.8) is 0 Å². The first kappa shape index (κ1) is 23.6. The fraction of sp³-hybridized carbons (Fsp3) is 0.417. The van der Waals surface area contributed by atoms with E-state index in [0.717, 1.165) is 5.56 Å². The Bertz CT molecular complexity index is 905. The van der Waals surface area contributed by atoms with Crippen molar-refractivity contribution < 1.29 is 14.3 Å². The highest BCUT2D eigenvalue weighted by molar-refractivity contribution is 6.42. The molecule has 0 radical (unpaired) electrons. The molecule has 31 heavy (non-hydrogen) atoms. The number of nitrogens with zero attached hydrogens (tertiary/aromatic N) is 2. The number of morpholine rings is 1. The van der Waals surface area contributed by atoms with Crippen molar-refractivity contribution in [2.75, 3.05) is 32.8 Å². The zero-order valence-corrected chi connectivity index (χ0v) is 19.4. The SMILES string of the molecule is CC(C)CN(CC1CN(C(=O)c2ccc(Cl)c(Cl)c2)CCO1)C(=O)Cc1ccccc1. The predicted octanol–water partition coefficient (Wildman–Crippen LogP) is 4.56. The van der Waals surface area contributed by atoms with Crippen LogP contribution >= 0.6 is 23.2 Å². The second kappa shape index (κ2) is 11.0. The van der Waals surface area contributed by atoms with Crippen molar-refractivity contribution in [3.8, 4) is 0 Å². The van der Waals surface area contributed by atoms with Crippen LogP contribution in [0.1, 0.15) is 29.8 Å². The fourth-order valence-corrected chi connectivity index (χ4v) is 3.97. The standard InChI is InChI=1S/C24H28Cl2N2O3/c1-17(2)14-28(23(29)12-18-6-4-3-5-7-18)16-20-15-27(10-11-31-20)24(30)19-8-9-21(25)22(26)13-19/h3-9,13,17,20H,10-12,14-16H2,1-2H3. The summed E-state index contributed by atoms with van der Waals surface area (Å²) in [5.74, 6) is 0.284. The minimum Gasteiger partial charge on any atom is -0.373 e. The molecule has 7 heteroatoms. The number of amides is 2. The highest BCUT2D eigenvalue weighted by Gasteiger charge is 2.28. The first-order valence-electron chi connectivity index (χ1n) is 10.5. The maximum Gasteiger partial charge on any atom is 0.254 e. The van der Waals surface area contributed by atoms with Crippen molar-refractivity contribution in [3.05, 3.63) is 69.7 Å². The van der Waals surface area contributed by atoms with E-state index in [1.54, 1.807) is 23.1 Å². The smallest absolute Gasteiger partial charge is 0.254 e. The lowest BCUT2D eigenvalue weighted by Gasteiger charge is -2.36. The summed E-state index contributed by atoms with van der Waals surface area (Å²) in [6, 6.07) is 14.6. The van der Waals surface area contributed by atoms with Gasteiger partial charge in [-0.2, -0.15) is 0 Å². The summed E-state index contributed by atoms with van der Waals surface area (Å²) in [7, 11) is 0. The molecule has 2 amide bonds. The second-order valence-electron chi connectivity index (χ2n) is 8.23. The number of rotatable bonds is 7. The molecule has 0 aliphatic carbocycles. The largest absolute Gasteiger partial charge is 0.373 e.